The maximum Gasteiger partial charge on any atom is 0.244 e. The fourth-order valence-corrected chi connectivity index (χ4v) is 4.04. The molecule has 3 atom stereocenters. The van der Waals surface area contributed by atoms with Crippen molar-refractivity contribution < 1.29 is 9.59 Å². The monoisotopic (exact) mass is 347 g/mol. The van der Waals surface area contributed by atoms with Gasteiger partial charge in [-0.05, 0) is 25.2 Å². The summed E-state index contributed by atoms with van der Waals surface area (Å²) in [6.07, 6.45) is 7.42. The zero-order valence-electron chi connectivity index (χ0n) is 15.4. The number of nitrogens with zero attached hydrogens (tertiary/aromatic N) is 4. The van der Waals surface area contributed by atoms with Gasteiger partial charge in [0.1, 0.15) is 0 Å². The summed E-state index contributed by atoms with van der Waals surface area (Å²) in [5.41, 5.74) is 0.873. The lowest BCUT2D eigenvalue weighted by Crippen LogP contribution is -2.58. The molecule has 25 heavy (non-hydrogen) atoms. The first-order chi connectivity index (χ1) is 12.0. The van der Waals surface area contributed by atoms with Crippen molar-refractivity contribution >= 4 is 17.5 Å². The van der Waals surface area contributed by atoms with Crippen molar-refractivity contribution in [2.45, 2.75) is 51.6 Å². The number of carbonyl (C=O) groups excluding carboxylic acids is 2. The minimum atomic E-state index is -0.142. The zero-order valence-corrected chi connectivity index (χ0v) is 15.4. The molecule has 2 fully saturated rings. The van der Waals surface area contributed by atoms with E-state index in [-0.39, 0.29) is 17.9 Å². The van der Waals surface area contributed by atoms with Gasteiger partial charge in [0.2, 0.25) is 11.8 Å². The highest BCUT2D eigenvalue weighted by atomic mass is 16.2. The predicted molar refractivity (Wildman–Crippen MR) is 96.2 cm³/mol. The molecule has 7 nitrogen and oxygen atoms in total. The van der Waals surface area contributed by atoms with Crippen LogP contribution in [-0.2, 0) is 16.6 Å². The Morgan fingerprint density at radius 1 is 1.36 bits per heavy atom. The van der Waals surface area contributed by atoms with Gasteiger partial charge in [-0.3, -0.25) is 14.3 Å². The van der Waals surface area contributed by atoms with Gasteiger partial charge in [0.15, 0.2) is 0 Å². The van der Waals surface area contributed by atoms with Crippen LogP contribution in [0.5, 0.6) is 0 Å². The molecule has 3 heterocycles. The predicted octanol–water partition coefficient (Wildman–Crippen LogP) is 1.15. The topological polar surface area (TPSA) is 70.5 Å². The van der Waals surface area contributed by atoms with Gasteiger partial charge in [0.05, 0.1) is 17.9 Å². The lowest BCUT2D eigenvalue weighted by molar-refractivity contribution is -0.131. The van der Waals surface area contributed by atoms with E-state index >= 15 is 0 Å². The summed E-state index contributed by atoms with van der Waals surface area (Å²) in [6.45, 7) is 6.11. The van der Waals surface area contributed by atoms with Crippen LogP contribution in [0, 0.1) is 5.92 Å². The van der Waals surface area contributed by atoms with Crippen molar-refractivity contribution in [3.05, 3.63) is 12.4 Å². The molecule has 0 aliphatic carbocycles. The molecular weight excluding hydrogens is 318 g/mol. The number of aromatic nitrogens is 2. The highest BCUT2D eigenvalue weighted by Crippen LogP contribution is 2.24. The molecule has 0 bridgehead atoms. The van der Waals surface area contributed by atoms with Crippen LogP contribution in [0.2, 0.25) is 0 Å². The number of piperidine rings is 2. The minimum absolute atomic E-state index is 0.142. The van der Waals surface area contributed by atoms with E-state index in [0.717, 1.165) is 51.0 Å². The number of aryl methyl sites for hydroxylation is 1. The van der Waals surface area contributed by atoms with Crippen molar-refractivity contribution in [1.29, 1.82) is 0 Å². The summed E-state index contributed by atoms with van der Waals surface area (Å²) in [5, 5.41) is 7.80. The minimum Gasteiger partial charge on any atom is -0.343 e. The fraction of sp³-hybridized carbons (Fsp3) is 0.722. The second-order valence-corrected chi connectivity index (χ2v) is 7.25. The largest absolute Gasteiger partial charge is 0.343 e. The molecule has 1 aromatic heterocycles. The fourth-order valence-electron chi connectivity index (χ4n) is 4.04. The van der Waals surface area contributed by atoms with Crippen LogP contribution in [0.3, 0.4) is 0 Å². The van der Waals surface area contributed by atoms with Gasteiger partial charge >= 0.3 is 0 Å². The summed E-state index contributed by atoms with van der Waals surface area (Å²) in [7, 11) is 1.86. The number of likely N-dealkylation sites (tertiary alicyclic amines) is 1. The van der Waals surface area contributed by atoms with Gasteiger partial charge in [0.25, 0.3) is 0 Å². The molecule has 2 amide bonds. The van der Waals surface area contributed by atoms with Gasteiger partial charge < -0.3 is 15.1 Å². The summed E-state index contributed by atoms with van der Waals surface area (Å²) >= 11 is 0. The lowest BCUT2D eigenvalue weighted by Gasteiger charge is -2.41. The van der Waals surface area contributed by atoms with Crippen LogP contribution in [0.25, 0.3) is 0 Å². The molecule has 3 rings (SSSR count). The molecule has 1 aromatic rings. The molecule has 2 saturated heterocycles. The van der Waals surface area contributed by atoms with E-state index in [0.29, 0.717) is 12.0 Å². The third-order valence-corrected chi connectivity index (χ3v) is 5.56. The molecule has 1 N–H and O–H groups in total. The highest BCUT2D eigenvalue weighted by molar-refractivity contribution is 5.97. The van der Waals surface area contributed by atoms with Gasteiger partial charge in [-0.15, -0.1) is 0 Å². The lowest BCUT2D eigenvalue weighted by atomic mass is 9.88. The van der Waals surface area contributed by atoms with Crippen LogP contribution < -0.4 is 10.2 Å². The quantitative estimate of drug-likeness (QED) is 0.887. The first-order valence-corrected chi connectivity index (χ1v) is 9.31. The summed E-state index contributed by atoms with van der Waals surface area (Å²) in [6, 6.07) is 0.153. The third-order valence-electron chi connectivity index (χ3n) is 5.56. The Kier molecular flexibility index (Phi) is 5.42. The Bertz CT molecular complexity index is 629. The van der Waals surface area contributed by atoms with E-state index in [1.807, 2.05) is 23.0 Å². The van der Waals surface area contributed by atoms with Gasteiger partial charge in [0, 0.05) is 45.8 Å². The van der Waals surface area contributed by atoms with Gasteiger partial charge in [-0.25, -0.2) is 0 Å². The second kappa shape index (κ2) is 7.56. The van der Waals surface area contributed by atoms with Crippen LogP contribution in [-0.4, -0.2) is 58.2 Å². The summed E-state index contributed by atoms with van der Waals surface area (Å²) in [5.74, 6) is 0.690. The van der Waals surface area contributed by atoms with Crippen LogP contribution in [0.1, 0.15) is 39.5 Å². The van der Waals surface area contributed by atoms with Crippen molar-refractivity contribution in [2.24, 2.45) is 13.0 Å². The van der Waals surface area contributed by atoms with E-state index in [2.05, 4.69) is 17.3 Å². The third kappa shape index (κ3) is 3.86. The van der Waals surface area contributed by atoms with Gasteiger partial charge in [-0.2, -0.15) is 5.10 Å². The second-order valence-electron chi connectivity index (χ2n) is 7.25. The van der Waals surface area contributed by atoms with Crippen LogP contribution in [0.4, 0.5) is 5.69 Å². The standard InChI is InChI=1S/C18H29N5O2/c1-4-14-11-22(13(2)24)9-7-16(14)20-17-6-5-8-23(18(17)25)15-10-19-21(3)12-15/h10,12,14,16-17,20H,4-9,11H2,1-3H3. The van der Waals surface area contributed by atoms with Crippen LogP contribution in [0.15, 0.2) is 12.4 Å². The Labute approximate surface area is 149 Å². The van der Waals surface area contributed by atoms with E-state index in [1.54, 1.807) is 17.8 Å². The molecule has 7 heteroatoms. The molecule has 0 saturated carbocycles. The maximum absolute atomic E-state index is 12.9. The molecule has 0 aromatic carbocycles. The van der Waals surface area contributed by atoms with Crippen molar-refractivity contribution in [2.75, 3.05) is 24.5 Å². The molecule has 2 aliphatic heterocycles. The zero-order chi connectivity index (χ0) is 18.0. The van der Waals surface area contributed by atoms with E-state index < -0.39 is 0 Å². The first kappa shape index (κ1) is 17.9. The highest BCUT2D eigenvalue weighted by Gasteiger charge is 2.35. The average Bonchev–Trinajstić information content (AvgIpc) is 3.03. The number of anilines is 1. The van der Waals surface area contributed by atoms with Crippen LogP contribution >= 0.6 is 0 Å². The molecule has 0 radical (unpaired) electrons. The Hall–Kier alpha value is -1.89. The van der Waals surface area contributed by atoms with E-state index in [4.69, 9.17) is 0 Å². The van der Waals surface area contributed by atoms with Crippen molar-refractivity contribution in [3.8, 4) is 0 Å². The van der Waals surface area contributed by atoms with E-state index in [9.17, 15) is 9.59 Å². The number of rotatable bonds is 4. The smallest absolute Gasteiger partial charge is 0.244 e. The number of hydrogen-bond donors (Lipinski definition) is 1. The normalized spacial score (nSPS) is 27.6. The molecule has 2 aliphatic rings. The SMILES string of the molecule is CCC1CN(C(C)=O)CCC1NC1CCCN(c2cnn(C)c2)C1=O. The average molecular weight is 347 g/mol. The number of hydrogen-bond acceptors (Lipinski definition) is 4. The van der Waals surface area contributed by atoms with E-state index in [1.165, 1.54) is 0 Å². The number of nitrogens with one attached hydrogen (secondary N) is 1. The maximum atomic E-state index is 12.9. The van der Waals surface area contributed by atoms with Gasteiger partial charge in [-0.1, -0.05) is 13.3 Å². The number of amides is 2. The summed E-state index contributed by atoms with van der Waals surface area (Å²) in [4.78, 5) is 28.4. The molecular formula is C18H29N5O2. The molecule has 0 spiro atoms. The van der Waals surface area contributed by atoms with Crippen molar-refractivity contribution in [1.82, 2.24) is 20.0 Å². The number of carbonyl (C=O) groups is 2. The Morgan fingerprint density at radius 2 is 2.16 bits per heavy atom. The van der Waals surface area contributed by atoms with Crippen molar-refractivity contribution in [3.63, 3.8) is 0 Å². The summed E-state index contributed by atoms with van der Waals surface area (Å²) < 4.78 is 1.73. The Balaban J connectivity index is 1.65. The molecule has 138 valence electrons. The first-order valence-electron chi connectivity index (χ1n) is 9.31. The Morgan fingerprint density at radius 3 is 2.80 bits per heavy atom. The molecule has 3 unspecified atom stereocenters.